The van der Waals surface area contributed by atoms with E-state index in [1.54, 1.807) is 0 Å². The van der Waals surface area contributed by atoms with Crippen molar-refractivity contribution in [3.8, 4) is 39.8 Å². The van der Waals surface area contributed by atoms with Crippen molar-refractivity contribution in [3.05, 3.63) is 148 Å². The Balaban J connectivity index is 1.16. The second-order valence-electron chi connectivity index (χ2n) is 17.0. The summed E-state index contributed by atoms with van der Waals surface area (Å²) in [5.74, 6) is 8.86. The molecule has 0 spiro atoms. The van der Waals surface area contributed by atoms with E-state index in [0.29, 0.717) is 17.8 Å². The molecule has 3 aromatic carbocycles. The summed E-state index contributed by atoms with van der Waals surface area (Å²) in [6.07, 6.45) is 14.1. The van der Waals surface area contributed by atoms with Crippen molar-refractivity contribution < 1.29 is 10.2 Å². The summed E-state index contributed by atoms with van der Waals surface area (Å²) in [4.78, 5) is 18.0. The second-order valence-corrected chi connectivity index (χ2v) is 17.0. The van der Waals surface area contributed by atoms with Gasteiger partial charge in [-0.05, 0) is 151 Å². The average molecular weight is 757 g/mol. The zero-order valence-electron chi connectivity index (χ0n) is 32.5. The third kappa shape index (κ3) is 5.76. The van der Waals surface area contributed by atoms with E-state index in [-0.39, 0.29) is 17.3 Å². The van der Waals surface area contributed by atoms with Crippen molar-refractivity contribution in [2.75, 3.05) is 0 Å². The SMILES string of the molecule is C[C@]12CC[C@@H]3c4c(C#Cc5c6nc(c(-c7ccccc7)c7ccc(cc8ccc([nH]8)c(-c8ccccc8)c8nc5C=C8)[nH]7)C=C6)cc(O)cc4CC[C@H]3[C@@H]1CC[C@H]2O. The Morgan fingerprint density at radius 3 is 1.88 bits per heavy atom. The molecule has 2 saturated carbocycles. The van der Waals surface area contributed by atoms with E-state index in [2.05, 4.69) is 132 Å². The predicted molar refractivity (Wildman–Crippen MR) is 234 cm³/mol. The monoisotopic (exact) mass is 756 g/mol. The molecule has 5 aliphatic rings. The molecule has 2 fully saturated rings. The molecule has 6 nitrogen and oxygen atoms in total. The van der Waals surface area contributed by atoms with Gasteiger partial charge in [0.2, 0.25) is 0 Å². The molecule has 0 unspecified atom stereocenters. The van der Waals surface area contributed by atoms with Crippen LogP contribution in [0.1, 0.15) is 90.0 Å². The molecule has 6 aromatic rings. The van der Waals surface area contributed by atoms with E-state index in [4.69, 9.17) is 9.97 Å². The van der Waals surface area contributed by atoms with Crippen LogP contribution in [0.25, 0.3) is 68.6 Å². The number of hydrogen-bond donors (Lipinski definition) is 4. The summed E-state index contributed by atoms with van der Waals surface area (Å²) in [7, 11) is 0. The molecule has 5 heterocycles. The van der Waals surface area contributed by atoms with Gasteiger partial charge in [0.15, 0.2) is 0 Å². The van der Waals surface area contributed by atoms with Crippen molar-refractivity contribution in [2.24, 2.45) is 17.3 Å². The first-order chi connectivity index (χ1) is 28.4. The fourth-order valence-corrected chi connectivity index (χ4v) is 11.0. The number of H-pyrrole nitrogens is 2. The maximum Gasteiger partial charge on any atom is 0.117 e. The van der Waals surface area contributed by atoms with Gasteiger partial charge in [0.05, 0.1) is 34.4 Å². The zero-order chi connectivity index (χ0) is 39.0. The lowest BCUT2D eigenvalue weighted by Gasteiger charge is -2.50. The fourth-order valence-electron chi connectivity index (χ4n) is 11.0. The van der Waals surface area contributed by atoms with Crippen molar-refractivity contribution in [1.82, 2.24) is 19.9 Å². The maximum absolute atomic E-state index is 11.1. The van der Waals surface area contributed by atoms with Crippen LogP contribution in [-0.4, -0.2) is 36.3 Å². The van der Waals surface area contributed by atoms with Crippen LogP contribution in [0.15, 0.2) is 103 Å². The highest BCUT2D eigenvalue weighted by Crippen LogP contribution is 2.61. The number of nitrogens with one attached hydrogen (secondary N) is 2. The van der Waals surface area contributed by atoms with E-state index >= 15 is 0 Å². The van der Waals surface area contributed by atoms with Crippen LogP contribution in [0.5, 0.6) is 5.75 Å². The molecule has 3 aromatic heterocycles. The minimum Gasteiger partial charge on any atom is -0.508 e. The quantitative estimate of drug-likeness (QED) is 0.132. The number of aliphatic hydroxyl groups is 1. The van der Waals surface area contributed by atoms with E-state index in [0.717, 1.165) is 117 Å². The van der Waals surface area contributed by atoms with Crippen molar-refractivity contribution in [3.63, 3.8) is 0 Å². The highest BCUT2D eigenvalue weighted by Gasteiger charge is 2.54. The molecule has 0 saturated heterocycles. The van der Waals surface area contributed by atoms with Gasteiger partial charge in [-0.15, -0.1) is 0 Å². The number of nitrogens with zero attached hydrogens (tertiary/aromatic N) is 2. The van der Waals surface area contributed by atoms with Gasteiger partial charge in [0.25, 0.3) is 0 Å². The van der Waals surface area contributed by atoms with E-state index in [1.807, 2.05) is 24.3 Å². The number of phenolic OH excluding ortho intramolecular Hbond substituents is 1. The molecule has 6 heteroatoms. The van der Waals surface area contributed by atoms with Crippen molar-refractivity contribution in [2.45, 2.75) is 57.5 Å². The molecule has 58 heavy (non-hydrogen) atoms. The van der Waals surface area contributed by atoms with Gasteiger partial charge >= 0.3 is 0 Å². The molecular formula is C52H44N4O2. The summed E-state index contributed by atoms with van der Waals surface area (Å²) < 4.78 is 0. The van der Waals surface area contributed by atoms with Crippen molar-refractivity contribution >= 4 is 46.4 Å². The molecule has 4 N–H and O–H groups in total. The third-order valence-corrected chi connectivity index (χ3v) is 13.8. The average Bonchev–Trinajstić information content (AvgIpc) is 4.10. The van der Waals surface area contributed by atoms with Gasteiger partial charge in [-0.1, -0.05) is 79.4 Å². The largest absolute Gasteiger partial charge is 0.508 e. The zero-order valence-corrected chi connectivity index (χ0v) is 32.5. The number of phenols is 1. The molecule has 284 valence electrons. The summed E-state index contributed by atoms with van der Waals surface area (Å²) in [5, 5.41) is 22.2. The molecule has 2 aliphatic heterocycles. The Morgan fingerprint density at radius 1 is 0.655 bits per heavy atom. The number of rotatable bonds is 2. The topological polar surface area (TPSA) is 97.8 Å². The van der Waals surface area contributed by atoms with Crippen LogP contribution in [0, 0.1) is 29.1 Å². The van der Waals surface area contributed by atoms with Crippen LogP contribution in [-0.2, 0) is 6.42 Å². The van der Waals surface area contributed by atoms with E-state index < -0.39 is 0 Å². The van der Waals surface area contributed by atoms with E-state index in [1.165, 1.54) is 11.1 Å². The first kappa shape index (κ1) is 34.8. The van der Waals surface area contributed by atoms with Gasteiger partial charge in [-0.25, -0.2) is 9.97 Å². The Morgan fingerprint density at radius 2 is 1.26 bits per heavy atom. The number of aromatic hydroxyl groups is 1. The summed E-state index contributed by atoms with van der Waals surface area (Å²) >= 11 is 0. The Hall–Kier alpha value is -6.42. The maximum atomic E-state index is 11.1. The van der Waals surface area contributed by atoms with Gasteiger partial charge in [0, 0.05) is 38.8 Å². The second kappa shape index (κ2) is 13.6. The van der Waals surface area contributed by atoms with Gasteiger partial charge in [-0.3, -0.25) is 0 Å². The molecule has 8 bridgehead atoms. The Labute approximate surface area is 338 Å². The molecular weight excluding hydrogens is 713 g/mol. The molecule has 3 aliphatic carbocycles. The first-order valence-electron chi connectivity index (χ1n) is 20.7. The van der Waals surface area contributed by atoms with Gasteiger partial charge < -0.3 is 20.2 Å². The Kier molecular flexibility index (Phi) is 8.17. The van der Waals surface area contributed by atoms with Gasteiger partial charge in [-0.2, -0.15) is 0 Å². The lowest BCUT2D eigenvalue weighted by Crippen LogP contribution is -2.44. The third-order valence-electron chi connectivity index (χ3n) is 13.8. The number of fused-ring (bicyclic) bond motifs is 13. The van der Waals surface area contributed by atoms with Crippen LogP contribution >= 0.6 is 0 Å². The number of benzene rings is 3. The molecule has 11 rings (SSSR count). The Bertz CT molecular complexity index is 2790. The van der Waals surface area contributed by atoms with Crippen LogP contribution in [0.3, 0.4) is 0 Å². The number of aryl methyl sites for hydroxylation is 1. The van der Waals surface area contributed by atoms with Crippen LogP contribution in [0.2, 0.25) is 0 Å². The summed E-state index contributed by atoms with van der Waals surface area (Å²) in [6, 6.07) is 35.2. The molecule has 5 atom stereocenters. The minimum atomic E-state index is -0.224. The summed E-state index contributed by atoms with van der Waals surface area (Å²) in [6.45, 7) is 2.32. The fraction of sp³-hybridized carbons (Fsp3) is 0.231. The number of aliphatic hydroxyl groups excluding tert-OH is 1. The summed E-state index contributed by atoms with van der Waals surface area (Å²) in [5.41, 5.74) is 15.3. The molecule has 0 radical (unpaired) electrons. The van der Waals surface area contributed by atoms with Gasteiger partial charge in [0.1, 0.15) is 5.75 Å². The van der Waals surface area contributed by atoms with Crippen LogP contribution in [0.4, 0.5) is 0 Å². The lowest BCUT2D eigenvalue weighted by molar-refractivity contribution is -0.0226. The predicted octanol–water partition coefficient (Wildman–Crippen LogP) is 11.3. The molecule has 0 amide bonds. The standard InChI is InChI=1S/C52H44N4O2/c1-52-27-26-39-38(41(52)18-25-48(52)58)16-12-33-28-37(57)29-34(49(33)39)13-17-40-42-21-23-46(55-42)50(31-8-4-2-5-9-31)44-19-14-35(53-44)30-36-15-20-45(54-36)51(32-10-6-3-7-11-32)47-24-22-43(40)56-47/h2-11,14-15,19-24,28-30,38-39,41,48,53-54,57-58H,12,16,18,25-27H2,1H3/t38-,39+,41+,48-,52+/m1/s1. The normalized spacial score (nSPS) is 22.8. The smallest absolute Gasteiger partial charge is 0.117 e. The van der Waals surface area contributed by atoms with E-state index in [9.17, 15) is 10.2 Å². The first-order valence-corrected chi connectivity index (χ1v) is 20.7. The highest BCUT2D eigenvalue weighted by atomic mass is 16.3. The van der Waals surface area contributed by atoms with Crippen molar-refractivity contribution in [1.29, 1.82) is 0 Å². The number of aromatic nitrogens is 4. The number of hydrogen-bond acceptors (Lipinski definition) is 4. The lowest BCUT2D eigenvalue weighted by atomic mass is 9.55. The number of aromatic amines is 2. The highest BCUT2D eigenvalue weighted by molar-refractivity contribution is 5.94. The van der Waals surface area contributed by atoms with Crippen LogP contribution < -0.4 is 0 Å². The minimum absolute atomic E-state index is 0.0177.